The van der Waals surface area contributed by atoms with Crippen LogP contribution >= 0.6 is 0 Å². The molecule has 1 atom stereocenters. The first-order valence-electron chi connectivity index (χ1n) is 13.9. The van der Waals surface area contributed by atoms with E-state index in [0.29, 0.717) is 25.1 Å². The molecule has 0 heterocycles. The molecule has 8 nitrogen and oxygen atoms in total. The molecule has 1 N–H and O–H groups in total. The Balaban J connectivity index is 2.05. The Labute approximate surface area is 244 Å². The number of methoxy groups -OCH3 is 1. The second-order valence-electron chi connectivity index (χ2n) is 10.4. The van der Waals surface area contributed by atoms with Crippen molar-refractivity contribution >= 4 is 27.5 Å². The zero-order chi connectivity index (χ0) is 30.0. The minimum Gasteiger partial charge on any atom is -0.495 e. The first-order chi connectivity index (χ1) is 19.6. The van der Waals surface area contributed by atoms with Crippen LogP contribution in [-0.4, -0.2) is 57.9 Å². The number of carbonyl (C=O) groups excluding carboxylic acids is 2. The highest BCUT2D eigenvalue weighted by Crippen LogP contribution is 2.33. The first-order valence-corrected chi connectivity index (χ1v) is 15.4. The smallest absolute Gasteiger partial charge is 0.264 e. The molecule has 2 amide bonds. The van der Waals surface area contributed by atoms with Crippen LogP contribution in [0.2, 0.25) is 0 Å². The normalized spacial score (nSPS) is 12.0. The maximum Gasteiger partial charge on any atom is 0.264 e. The van der Waals surface area contributed by atoms with Gasteiger partial charge >= 0.3 is 0 Å². The third-order valence-corrected chi connectivity index (χ3v) is 8.54. The highest BCUT2D eigenvalue weighted by atomic mass is 32.2. The Hall–Kier alpha value is -3.85. The third-order valence-electron chi connectivity index (χ3n) is 6.77. The lowest BCUT2D eigenvalue weighted by Gasteiger charge is -2.33. The van der Waals surface area contributed by atoms with E-state index in [9.17, 15) is 18.0 Å². The number of rotatable bonds is 14. The number of nitrogens with one attached hydrogen (secondary N) is 1. The average Bonchev–Trinajstić information content (AvgIpc) is 2.97. The fraction of sp³-hybridized carbons (Fsp3) is 0.375. The van der Waals surface area contributed by atoms with Gasteiger partial charge in [-0.2, -0.15) is 0 Å². The van der Waals surface area contributed by atoms with Crippen LogP contribution in [0, 0.1) is 12.8 Å². The molecule has 0 aliphatic heterocycles. The molecule has 0 aliphatic carbocycles. The van der Waals surface area contributed by atoms with Crippen molar-refractivity contribution in [2.75, 3.05) is 31.0 Å². The summed E-state index contributed by atoms with van der Waals surface area (Å²) in [5.74, 6) is -0.172. The average molecular weight is 580 g/mol. The van der Waals surface area contributed by atoms with Crippen LogP contribution in [0.3, 0.4) is 0 Å². The Morgan fingerprint density at radius 1 is 0.951 bits per heavy atom. The molecule has 3 rings (SSSR count). The molecule has 220 valence electrons. The standard InChI is InChI=1S/C32H41N3O5S/c1-6-28(32(37)33-22-24(2)3)34(20-19-26-13-9-7-10-14-26)31(36)23-35(29-21-25(4)17-18-30(29)40-5)41(38,39)27-15-11-8-12-16-27/h7-18,21,24,28H,6,19-20,22-23H2,1-5H3,(H,33,37)/t28-/m0/s1. The van der Waals surface area contributed by atoms with Crippen molar-refractivity contribution in [2.45, 2.75) is 51.5 Å². The van der Waals surface area contributed by atoms with E-state index >= 15 is 0 Å². The molecule has 3 aromatic carbocycles. The topological polar surface area (TPSA) is 96.0 Å². The van der Waals surface area contributed by atoms with E-state index in [2.05, 4.69) is 5.32 Å². The highest BCUT2D eigenvalue weighted by Gasteiger charge is 2.34. The number of hydrogen-bond donors (Lipinski definition) is 1. The Morgan fingerprint density at radius 2 is 1.59 bits per heavy atom. The zero-order valence-electron chi connectivity index (χ0n) is 24.5. The maximum atomic E-state index is 14.2. The van der Waals surface area contributed by atoms with Gasteiger partial charge < -0.3 is 15.0 Å². The molecule has 41 heavy (non-hydrogen) atoms. The monoisotopic (exact) mass is 579 g/mol. The molecule has 0 aromatic heterocycles. The quantitative estimate of drug-likeness (QED) is 0.295. The number of carbonyl (C=O) groups is 2. The summed E-state index contributed by atoms with van der Waals surface area (Å²) in [5, 5.41) is 2.95. The van der Waals surface area contributed by atoms with Crippen LogP contribution in [0.15, 0.2) is 83.8 Å². The summed E-state index contributed by atoms with van der Waals surface area (Å²) < 4.78 is 34.7. The first kappa shape index (κ1) is 31.7. The summed E-state index contributed by atoms with van der Waals surface area (Å²) in [6.07, 6.45) is 0.892. The number of sulfonamides is 1. The van der Waals surface area contributed by atoms with Gasteiger partial charge in [-0.1, -0.05) is 75.4 Å². The predicted octanol–water partition coefficient (Wildman–Crippen LogP) is 4.82. The molecule has 0 bridgehead atoms. The molecule has 9 heteroatoms. The van der Waals surface area contributed by atoms with Gasteiger partial charge in [-0.15, -0.1) is 0 Å². The number of ether oxygens (including phenoxy) is 1. The van der Waals surface area contributed by atoms with Crippen LogP contribution in [0.5, 0.6) is 5.75 Å². The molecule has 3 aromatic rings. The minimum absolute atomic E-state index is 0.0499. The van der Waals surface area contributed by atoms with Crippen molar-refractivity contribution in [3.8, 4) is 5.75 Å². The minimum atomic E-state index is -4.17. The van der Waals surface area contributed by atoms with E-state index in [4.69, 9.17) is 4.74 Å². The lowest BCUT2D eigenvalue weighted by Crippen LogP contribution is -2.53. The third kappa shape index (κ3) is 8.33. The number of benzene rings is 3. The van der Waals surface area contributed by atoms with E-state index in [1.165, 1.54) is 24.1 Å². The number of nitrogens with zero attached hydrogens (tertiary/aromatic N) is 2. The molecule has 0 saturated heterocycles. The molecule has 0 aliphatic rings. The summed E-state index contributed by atoms with van der Waals surface area (Å²) in [5.41, 5.74) is 2.07. The van der Waals surface area contributed by atoms with Gasteiger partial charge in [0, 0.05) is 13.1 Å². The van der Waals surface area contributed by atoms with Gasteiger partial charge in [-0.05, 0) is 61.1 Å². The summed E-state index contributed by atoms with van der Waals surface area (Å²) in [7, 11) is -2.71. The molecule has 0 unspecified atom stereocenters. The fourth-order valence-electron chi connectivity index (χ4n) is 4.55. The summed E-state index contributed by atoms with van der Waals surface area (Å²) in [6.45, 7) is 7.93. The molecule has 0 saturated carbocycles. The second-order valence-corrected chi connectivity index (χ2v) is 12.2. The lowest BCUT2D eigenvalue weighted by atomic mass is 10.1. The number of amides is 2. The summed E-state index contributed by atoms with van der Waals surface area (Å²) in [4.78, 5) is 29.0. The van der Waals surface area contributed by atoms with E-state index in [1.807, 2.05) is 64.1 Å². The van der Waals surface area contributed by atoms with Gasteiger partial charge in [0.15, 0.2) is 0 Å². The van der Waals surface area contributed by atoms with E-state index in [-0.39, 0.29) is 29.0 Å². The molecule has 0 fully saturated rings. The van der Waals surface area contributed by atoms with Crippen molar-refractivity contribution in [1.29, 1.82) is 0 Å². The van der Waals surface area contributed by atoms with E-state index < -0.39 is 28.5 Å². The van der Waals surface area contributed by atoms with Crippen molar-refractivity contribution in [1.82, 2.24) is 10.2 Å². The fourth-order valence-corrected chi connectivity index (χ4v) is 5.98. The van der Waals surface area contributed by atoms with Crippen LogP contribution in [-0.2, 0) is 26.0 Å². The van der Waals surface area contributed by atoms with Gasteiger partial charge in [-0.3, -0.25) is 13.9 Å². The highest BCUT2D eigenvalue weighted by molar-refractivity contribution is 7.92. The molecular formula is C32H41N3O5S. The number of aryl methyl sites for hydroxylation is 1. The zero-order valence-corrected chi connectivity index (χ0v) is 25.4. The van der Waals surface area contributed by atoms with Crippen molar-refractivity contribution in [3.05, 3.63) is 90.0 Å². The Bertz CT molecular complexity index is 1400. The number of anilines is 1. The molecular weight excluding hydrogens is 538 g/mol. The SMILES string of the molecule is CC[C@@H](C(=O)NCC(C)C)N(CCc1ccccc1)C(=O)CN(c1cc(C)ccc1OC)S(=O)(=O)c1ccccc1. The Kier molecular flexibility index (Phi) is 11.3. The largest absolute Gasteiger partial charge is 0.495 e. The van der Waals surface area contributed by atoms with Gasteiger partial charge in [0.2, 0.25) is 11.8 Å². The second kappa shape index (κ2) is 14.7. The van der Waals surface area contributed by atoms with Crippen LogP contribution in [0.4, 0.5) is 5.69 Å². The maximum absolute atomic E-state index is 14.2. The lowest BCUT2D eigenvalue weighted by molar-refractivity contribution is -0.139. The van der Waals surface area contributed by atoms with Crippen molar-refractivity contribution in [2.24, 2.45) is 5.92 Å². The van der Waals surface area contributed by atoms with Gasteiger partial charge in [0.05, 0.1) is 17.7 Å². The van der Waals surface area contributed by atoms with Gasteiger partial charge in [0.1, 0.15) is 18.3 Å². The summed E-state index contributed by atoms with van der Waals surface area (Å²) in [6, 6.07) is 22.1. The van der Waals surface area contributed by atoms with Crippen molar-refractivity contribution < 1.29 is 22.7 Å². The molecule has 0 radical (unpaired) electrons. The van der Waals surface area contributed by atoms with E-state index in [1.54, 1.807) is 30.3 Å². The van der Waals surface area contributed by atoms with E-state index in [0.717, 1.165) is 15.4 Å². The van der Waals surface area contributed by atoms with Crippen LogP contribution < -0.4 is 14.4 Å². The molecule has 0 spiro atoms. The Morgan fingerprint density at radius 3 is 2.17 bits per heavy atom. The van der Waals surface area contributed by atoms with Crippen LogP contribution in [0.25, 0.3) is 0 Å². The van der Waals surface area contributed by atoms with Crippen molar-refractivity contribution in [3.63, 3.8) is 0 Å². The van der Waals surface area contributed by atoms with Crippen LogP contribution in [0.1, 0.15) is 38.3 Å². The number of hydrogen-bond acceptors (Lipinski definition) is 5. The summed E-state index contributed by atoms with van der Waals surface area (Å²) >= 11 is 0. The van der Waals surface area contributed by atoms with Gasteiger partial charge in [0.25, 0.3) is 10.0 Å². The van der Waals surface area contributed by atoms with Gasteiger partial charge in [-0.25, -0.2) is 8.42 Å². The predicted molar refractivity (Wildman–Crippen MR) is 162 cm³/mol.